The van der Waals surface area contributed by atoms with Gasteiger partial charge in [0.1, 0.15) is 12.4 Å². The molecule has 0 bridgehead atoms. The molecule has 1 heterocycles. The van der Waals surface area contributed by atoms with Gasteiger partial charge in [0.15, 0.2) is 0 Å². The zero-order chi connectivity index (χ0) is 13.5. The zero-order valence-corrected chi connectivity index (χ0v) is 11.7. The van der Waals surface area contributed by atoms with Gasteiger partial charge in [0, 0.05) is 17.1 Å². The van der Waals surface area contributed by atoms with Gasteiger partial charge >= 0.3 is 0 Å². The second-order valence-electron chi connectivity index (χ2n) is 4.27. The van der Waals surface area contributed by atoms with E-state index in [0.29, 0.717) is 13.2 Å². The second kappa shape index (κ2) is 7.34. The van der Waals surface area contributed by atoms with E-state index in [9.17, 15) is 0 Å². The molecule has 102 valence electrons. The highest BCUT2D eigenvalue weighted by atomic mass is 35.5. The van der Waals surface area contributed by atoms with Gasteiger partial charge in [-0.25, -0.2) is 0 Å². The summed E-state index contributed by atoms with van der Waals surface area (Å²) in [5.41, 5.74) is 2.25. The van der Waals surface area contributed by atoms with Gasteiger partial charge < -0.3 is 14.5 Å². The number of nitrogens with one attached hydrogen (secondary N) is 1. The Morgan fingerprint density at radius 3 is 2.68 bits per heavy atom. The van der Waals surface area contributed by atoms with Crippen LogP contribution >= 0.6 is 11.6 Å². The van der Waals surface area contributed by atoms with Crippen LogP contribution in [0, 0.1) is 0 Å². The van der Waals surface area contributed by atoms with Crippen molar-refractivity contribution in [3.05, 3.63) is 58.5 Å². The minimum absolute atomic E-state index is 0.482. The fourth-order valence-corrected chi connectivity index (χ4v) is 1.88. The van der Waals surface area contributed by atoms with Crippen molar-refractivity contribution < 1.29 is 9.15 Å². The molecule has 0 saturated carbocycles. The van der Waals surface area contributed by atoms with Gasteiger partial charge in [-0.3, -0.25) is 0 Å². The Balaban J connectivity index is 1.82. The van der Waals surface area contributed by atoms with Crippen molar-refractivity contribution in [1.29, 1.82) is 0 Å². The normalized spacial score (nSPS) is 10.8. The van der Waals surface area contributed by atoms with Gasteiger partial charge in [0.2, 0.25) is 0 Å². The van der Waals surface area contributed by atoms with Gasteiger partial charge in [0.05, 0.1) is 12.9 Å². The molecule has 0 spiro atoms. The van der Waals surface area contributed by atoms with Crippen molar-refractivity contribution in [3.63, 3.8) is 0 Å². The van der Waals surface area contributed by atoms with Crippen molar-refractivity contribution >= 4 is 11.6 Å². The largest absolute Gasteiger partial charge is 0.467 e. The molecule has 0 aliphatic carbocycles. The maximum Gasteiger partial charge on any atom is 0.133 e. The Labute approximate surface area is 118 Å². The van der Waals surface area contributed by atoms with E-state index in [4.69, 9.17) is 20.8 Å². The summed E-state index contributed by atoms with van der Waals surface area (Å²) in [5.74, 6) is 0.884. The molecule has 3 nitrogen and oxygen atoms in total. The molecule has 4 heteroatoms. The van der Waals surface area contributed by atoms with Crippen LogP contribution in [0.25, 0.3) is 0 Å². The topological polar surface area (TPSA) is 34.4 Å². The van der Waals surface area contributed by atoms with Gasteiger partial charge in [-0.15, -0.1) is 0 Å². The molecule has 0 aliphatic rings. The fraction of sp³-hybridized carbons (Fsp3) is 0.333. The molecule has 1 N–H and O–H groups in total. The third kappa shape index (κ3) is 4.39. The van der Waals surface area contributed by atoms with Crippen LogP contribution in [0.4, 0.5) is 0 Å². The Morgan fingerprint density at radius 1 is 1.16 bits per heavy atom. The summed E-state index contributed by atoms with van der Waals surface area (Å²) in [6.45, 7) is 4.87. The minimum atomic E-state index is 0.482. The number of hydrogen-bond acceptors (Lipinski definition) is 3. The van der Waals surface area contributed by atoms with Crippen LogP contribution in [0.1, 0.15) is 23.8 Å². The molecule has 0 radical (unpaired) electrons. The number of benzene rings is 1. The SMILES string of the molecule is CCNCc1ccoc1COCc1ccc(Cl)cc1. The van der Waals surface area contributed by atoms with Crippen molar-refractivity contribution in [2.45, 2.75) is 26.7 Å². The quantitative estimate of drug-likeness (QED) is 0.838. The van der Waals surface area contributed by atoms with E-state index in [2.05, 4.69) is 12.2 Å². The van der Waals surface area contributed by atoms with Crippen LogP contribution in [0.5, 0.6) is 0 Å². The first-order valence-electron chi connectivity index (χ1n) is 6.37. The molecule has 0 unspecified atom stereocenters. The Bertz CT molecular complexity index is 493. The van der Waals surface area contributed by atoms with Gasteiger partial charge in [0.25, 0.3) is 0 Å². The summed E-state index contributed by atoms with van der Waals surface area (Å²) in [5, 5.41) is 4.01. The fourth-order valence-electron chi connectivity index (χ4n) is 1.75. The van der Waals surface area contributed by atoms with Crippen LogP contribution in [0.15, 0.2) is 41.0 Å². The predicted octanol–water partition coefficient (Wildman–Crippen LogP) is 3.76. The number of ether oxygens (including phenoxy) is 1. The first-order valence-corrected chi connectivity index (χ1v) is 6.75. The van der Waals surface area contributed by atoms with Crippen LogP contribution in [0.3, 0.4) is 0 Å². The van der Waals surface area contributed by atoms with E-state index in [1.54, 1.807) is 6.26 Å². The summed E-state index contributed by atoms with van der Waals surface area (Å²) < 4.78 is 11.1. The van der Waals surface area contributed by atoms with Gasteiger partial charge in [-0.05, 0) is 30.3 Å². The number of hydrogen-bond donors (Lipinski definition) is 1. The van der Waals surface area contributed by atoms with E-state index in [1.165, 1.54) is 0 Å². The number of halogens is 1. The zero-order valence-electron chi connectivity index (χ0n) is 11.0. The molecule has 1 aromatic heterocycles. The molecule has 0 amide bonds. The van der Waals surface area contributed by atoms with Crippen molar-refractivity contribution in [1.82, 2.24) is 5.32 Å². The lowest BCUT2D eigenvalue weighted by Gasteiger charge is -2.05. The highest BCUT2D eigenvalue weighted by Crippen LogP contribution is 2.14. The lowest BCUT2D eigenvalue weighted by molar-refractivity contribution is 0.0921. The minimum Gasteiger partial charge on any atom is -0.467 e. The predicted molar refractivity (Wildman–Crippen MR) is 76.0 cm³/mol. The summed E-state index contributed by atoms with van der Waals surface area (Å²) in [4.78, 5) is 0. The highest BCUT2D eigenvalue weighted by Gasteiger charge is 2.06. The molecular formula is C15H18ClNO2. The average Bonchev–Trinajstić information content (AvgIpc) is 2.86. The molecule has 2 rings (SSSR count). The molecule has 0 saturated heterocycles. The lowest BCUT2D eigenvalue weighted by atomic mass is 10.2. The third-order valence-electron chi connectivity index (χ3n) is 2.82. The highest BCUT2D eigenvalue weighted by molar-refractivity contribution is 6.30. The average molecular weight is 280 g/mol. The van der Waals surface area contributed by atoms with Crippen molar-refractivity contribution in [2.24, 2.45) is 0 Å². The van der Waals surface area contributed by atoms with Crippen LogP contribution in [-0.4, -0.2) is 6.54 Å². The molecule has 0 fully saturated rings. The van der Waals surface area contributed by atoms with E-state index in [0.717, 1.165) is 35.0 Å². The summed E-state index contributed by atoms with van der Waals surface area (Å²) in [6.07, 6.45) is 1.70. The van der Waals surface area contributed by atoms with Crippen LogP contribution in [-0.2, 0) is 24.5 Å². The van der Waals surface area contributed by atoms with Gasteiger partial charge in [-0.1, -0.05) is 30.7 Å². The first-order chi connectivity index (χ1) is 9.29. The van der Waals surface area contributed by atoms with Crippen molar-refractivity contribution in [3.8, 4) is 0 Å². The molecular weight excluding hydrogens is 262 g/mol. The molecule has 19 heavy (non-hydrogen) atoms. The summed E-state index contributed by atoms with van der Waals surface area (Å²) >= 11 is 5.83. The van der Waals surface area contributed by atoms with Gasteiger partial charge in [-0.2, -0.15) is 0 Å². The van der Waals surface area contributed by atoms with Crippen LogP contribution < -0.4 is 5.32 Å². The first kappa shape index (κ1) is 14.1. The van der Waals surface area contributed by atoms with Crippen molar-refractivity contribution in [2.75, 3.05) is 6.54 Å². The number of furan rings is 1. The monoisotopic (exact) mass is 279 g/mol. The van der Waals surface area contributed by atoms with E-state index in [-0.39, 0.29) is 0 Å². The van der Waals surface area contributed by atoms with E-state index < -0.39 is 0 Å². The number of rotatable bonds is 7. The Hall–Kier alpha value is -1.29. The van der Waals surface area contributed by atoms with Crippen LogP contribution in [0.2, 0.25) is 5.02 Å². The molecule has 1 aromatic carbocycles. The maximum atomic E-state index is 5.83. The standard InChI is InChI=1S/C15H18ClNO2/c1-2-17-9-13-7-8-19-15(13)11-18-10-12-3-5-14(16)6-4-12/h3-8,17H,2,9-11H2,1H3. The Morgan fingerprint density at radius 2 is 1.95 bits per heavy atom. The smallest absolute Gasteiger partial charge is 0.133 e. The molecule has 2 aromatic rings. The summed E-state index contributed by atoms with van der Waals surface area (Å²) in [6, 6.07) is 9.63. The maximum absolute atomic E-state index is 5.83. The molecule has 0 atom stereocenters. The van der Waals surface area contributed by atoms with E-state index >= 15 is 0 Å². The summed E-state index contributed by atoms with van der Waals surface area (Å²) in [7, 11) is 0. The molecule has 0 aliphatic heterocycles. The lowest BCUT2D eigenvalue weighted by Crippen LogP contribution is -2.12. The van der Waals surface area contributed by atoms with E-state index in [1.807, 2.05) is 30.3 Å². The Kier molecular flexibility index (Phi) is 5.45. The second-order valence-corrected chi connectivity index (χ2v) is 4.71. The third-order valence-corrected chi connectivity index (χ3v) is 3.07.